The molecule has 0 N–H and O–H groups in total. The van der Waals surface area contributed by atoms with E-state index >= 15 is 0 Å². The van der Waals surface area contributed by atoms with Gasteiger partial charge in [0.15, 0.2) is 0 Å². The molecule has 8 aromatic carbocycles. The van der Waals surface area contributed by atoms with Crippen molar-refractivity contribution in [2.75, 3.05) is 0 Å². The van der Waals surface area contributed by atoms with Crippen LogP contribution in [-0.4, -0.2) is 0 Å². The number of unbranched alkanes of at least 4 members (excludes halogenated alkanes) is 6. The minimum atomic E-state index is 0. The zero-order chi connectivity index (χ0) is 43.5. The summed E-state index contributed by atoms with van der Waals surface area (Å²) in [5.74, 6) is 3.63. The Kier molecular flexibility index (Phi) is 19.1. The minimum Gasteiger partial charge on any atom is -1.00 e. The molecule has 0 aliphatic carbocycles. The van der Waals surface area contributed by atoms with Gasteiger partial charge in [0, 0.05) is 11.1 Å². The van der Waals surface area contributed by atoms with E-state index in [1.54, 1.807) is 0 Å². The molecule has 2 aromatic heterocycles. The van der Waals surface area contributed by atoms with E-state index in [2.05, 4.69) is 172 Å². The number of rotatable bonds is 16. The Hall–Kier alpha value is -5.44. The number of hydrogen-bond acceptors (Lipinski definition) is 2. The topological polar surface area (TPSA) is 26.3 Å². The van der Waals surface area contributed by atoms with Crippen molar-refractivity contribution >= 4 is 21.5 Å². The molecule has 0 unspecified atom stereocenters. The normalized spacial score (nSPS) is 10.8. The van der Waals surface area contributed by atoms with E-state index < -0.39 is 0 Å². The molecule has 0 spiro atoms. The summed E-state index contributed by atoms with van der Waals surface area (Å²) in [6.07, 6.45) is 12.8. The van der Waals surface area contributed by atoms with Crippen LogP contribution in [0.5, 0.6) is 0 Å². The van der Waals surface area contributed by atoms with Gasteiger partial charge in [-0.05, 0) is 72.2 Å². The van der Waals surface area contributed by atoms with Gasteiger partial charge in [-0.25, -0.2) is 0 Å². The summed E-state index contributed by atoms with van der Waals surface area (Å²) in [5.41, 5.74) is 12.4. The van der Waals surface area contributed by atoms with Gasteiger partial charge in [-0.2, -0.15) is 0 Å². The maximum absolute atomic E-state index is 6.20. The molecular weight excluding hydrogens is 939 g/mol. The second-order valence-corrected chi connectivity index (χ2v) is 17.2. The molecular formula is C62H58Cl2O2Zr. The second kappa shape index (κ2) is 25.1. The van der Waals surface area contributed by atoms with Crippen LogP contribution in [-0.2, 0) is 39.0 Å². The molecule has 0 amide bonds. The van der Waals surface area contributed by atoms with E-state index in [-0.39, 0.29) is 51.0 Å². The van der Waals surface area contributed by atoms with E-state index in [1.165, 1.54) is 119 Å². The standard InChI is InChI=1S/2C31H29O.2ClH.Zr/c2*1-2-3-4-6-10-23-15-17-24(18-16-23)28-14-9-13-26-21-27(22-29(26)28)31-20-19-30(32-31)25-11-7-5-8-12-25;;;/h2*5,7-9,11-22H,2-4,6,10H2,1H3;2*1H;/q2*-1;;;+4/p-2. The quantitative estimate of drug-likeness (QED) is 0.0712. The average molecular weight is 997 g/mol. The van der Waals surface area contributed by atoms with Crippen LogP contribution >= 0.6 is 0 Å². The first-order chi connectivity index (χ1) is 31.6. The Bertz CT molecular complexity index is 2800. The summed E-state index contributed by atoms with van der Waals surface area (Å²) in [6, 6.07) is 69.2. The SMILES string of the molecule is CCCCCCc1ccc(-c2cccc3[cH-]c(-c4ccc(-c5ccccc5)o4)cc23)cc1.CCCCCCc1ccc(-c2cccc3[cH-]c(-c4ccc(-c5ccccc5)o4)cc23)cc1.[Cl-].[Cl-].[Zr+4]. The van der Waals surface area contributed by atoms with Crippen molar-refractivity contribution in [3.63, 3.8) is 0 Å². The predicted molar refractivity (Wildman–Crippen MR) is 272 cm³/mol. The number of hydrogen-bond donors (Lipinski definition) is 0. The zero-order valence-corrected chi connectivity index (χ0v) is 42.6. The average Bonchev–Trinajstić information content (AvgIpc) is 4.19. The number of halogens is 2. The summed E-state index contributed by atoms with van der Waals surface area (Å²) in [6.45, 7) is 4.52. The van der Waals surface area contributed by atoms with Crippen LogP contribution in [0.1, 0.15) is 76.3 Å². The first-order valence-electron chi connectivity index (χ1n) is 23.5. The summed E-state index contributed by atoms with van der Waals surface area (Å²) in [4.78, 5) is 0. The van der Waals surface area contributed by atoms with Gasteiger partial charge in [-0.15, -0.1) is 57.9 Å². The largest absolute Gasteiger partial charge is 4.00 e. The van der Waals surface area contributed by atoms with E-state index in [0.29, 0.717) is 0 Å². The molecule has 0 atom stereocenters. The molecule has 5 heteroatoms. The summed E-state index contributed by atoms with van der Waals surface area (Å²) < 4.78 is 12.4. The Balaban J connectivity index is 0.000000212. The van der Waals surface area contributed by atoms with Crippen LogP contribution in [0.15, 0.2) is 203 Å². The third kappa shape index (κ3) is 12.6. The fraction of sp³-hybridized carbons (Fsp3) is 0.194. The van der Waals surface area contributed by atoms with Crippen molar-refractivity contribution in [1.82, 2.24) is 0 Å². The Morgan fingerprint density at radius 2 is 0.746 bits per heavy atom. The van der Waals surface area contributed by atoms with Gasteiger partial charge in [0.2, 0.25) is 0 Å². The molecule has 0 aliphatic rings. The van der Waals surface area contributed by atoms with Gasteiger partial charge in [0.05, 0.1) is 11.5 Å². The molecule has 0 saturated heterocycles. The van der Waals surface area contributed by atoms with Gasteiger partial charge in [-0.1, -0.05) is 208 Å². The fourth-order valence-corrected chi connectivity index (χ4v) is 8.97. The minimum absolute atomic E-state index is 0. The van der Waals surface area contributed by atoms with Crippen LogP contribution in [0.3, 0.4) is 0 Å². The van der Waals surface area contributed by atoms with Crippen molar-refractivity contribution < 1.29 is 59.9 Å². The van der Waals surface area contributed by atoms with E-state index in [9.17, 15) is 0 Å². The van der Waals surface area contributed by atoms with Gasteiger partial charge in [0.25, 0.3) is 0 Å². The molecule has 0 radical (unpaired) electrons. The first-order valence-corrected chi connectivity index (χ1v) is 23.5. The Labute approximate surface area is 429 Å². The molecule has 10 rings (SSSR count). The summed E-state index contributed by atoms with van der Waals surface area (Å²) >= 11 is 0. The van der Waals surface area contributed by atoms with E-state index in [4.69, 9.17) is 8.83 Å². The molecule has 67 heavy (non-hydrogen) atoms. The zero-order valence-electron chi connectivity index (χ0n) is 38.6. The fourth-order valence-electron chi connectivity index (χ4n) is 8.97. The van der Waals surface area contributed by atoms with E-state index in [1.807, 2.05) is 36.4 Å². The number of furan rings is 2. The Morgan fingerprint density at radius 3 is 1.13 bits per heavy atom. The molecule has 0 aliphatic heterocycles. The predicted octanol–water partition coefficient (Wildman–Crippen LogP) is 12.6. The molecule has 10 aromatic rings. The third-order valence-electron chi connectivity index (χ3n) is 12.6. The van der Waals surface area contributed by atoms with Crippen LogP contribution in [0.2, 0.25) is 0 Å². The van der Waals surface area contributed by atoms with Crippen LogP contribution < -0.4 is 24.8 Å². The van der Waals surface area contributed by atoms with Crippen LogP contribution in [0.4, 0.5) is 0 Å². The monoisotopic (exact) mass is 994 g/mol. The number of aryl methyl sites for hydroxylation is 2. The smallest absolute Gasteiger partial charge is 1.00 e. The third-order valence-corrected chi connectivity index (χ3v) is 12.6. The molecule has 336 valence electrons. The number of fused-ring (bicyclic) bond motifs is 2. The Morgan fingerprint density at radius 1 is 0.358 bits per heavy atom. The van der Waals surface area contributed by atoms with Gasteiger partial charge in [0.1, 0.15) is 11.5 Å². The van der Waals surface area contributed by atoms with Crippen LogP contribution in [0, 0.1) is 0 Å². The second-order valence-electron chi connectivity index (χ2n) is 17.2. The van der Waals surface area contributed by atoms with Gasteiger partial charge >= 0.3 is 26.2 Å². The van der Waals surface area contributed by atoms with Gasteiger partial charge < -0.3 is 33.6 Å². The maximum atomic E-state index is 6.20. The maximum Gasteiger partial charge on any atom is 4.00 e. The van der Waals surface area contributed by atoms with E-state index in [0.717, 1.165) is 45.3 Å². The molecule has 0 fully saturated rings. The van der Waals surface area contributed by atoms with Gasteiger partial charge in [-0.3, -0.25) is 0 Å². The summed E-state index contributed by atoms with van der Waals surface area (Å²) in [7, 11) is 0. The molecule has 0 saturated carbocycles. The van der Waals surface area contributed by atoms with Crippen LogP contribution in [0.25, 0.3) is 89.1 Å². The van der Waals surface area contributed by atoms with Crippen molar-refractivity contribution in [3.8, 4) is 67.5 Å². The molecule has 2 nitrogen and oxygen atoms in total. The molecule has 2 heterocycles. The van der Waals surface area contributed by atoms with Crippen molar-refractivity contribution in [3.05, 3.63) is 205 Å². The summed E-state index contributed by atoms with van der Waals surface area (Å²) in [5, 5.41) is 5.05. The van der Waals surface area contributed by atoms with Crippen molar-refractivity contribution in [2.24, 2.45) is 0 Å². The van der Waals surface area contributed by atoms with Crippen molar-refractivity contribution in [2.45, 2.75) is 78.1 Å². The molecule has 0 bridgehead atoms. The first kappa shape index (κ1) is 51.0. The number of benzene rings is 6. The van der Waals surface area contributed by atoms with Crippen molar-refractivity contribution in [1.29, 1.82) is 0 Å².